The Bertz CT molecular complexity index is 466. The average Bonchev–Trinajstić information content (AvgIpc) is 2.27. The van der Waals surface area contributed by atoms with E-state index in [1.807, 2.05) is 5.32 Å². The van der Waals surface area contributed by atoms with Crippen LogP contribution in [0.5, 0.6) is 0 Å². The van der Waals surface area contributed by atoms with E-state index >= 15 is 0 Å². The Hall–Kier alpha value is -2.09. The van der Waals surface area contributed by atoms with Crippen molar-refractivity contribution in [1.82, 2.24) is 10.6 Å². The zero-order valence-electron chi connectivity index (χ0n) is 8.93. The number of nitrogens with zero attached hydrogens (tertiary/aromatic N) is 2. The number of hydrogen-bond acceptors (Lipinski definition) is 6. The lowest BCUT2D eigenvalue weighted by atomic mass is 10.1. The van der Waals surface area contributed by atoms with Gasteiger partial charge in [-0.15, -0.1) is 0 Å². The number of imide groups is 1. The molecule has 0 radical (unpaired) electrons. The molecule has 90 valence electrons. The number of amides is 3. The summed E-state index contributed by atoms with van der Waals surface area (Å²) < 4.78 is 0. The van der Waals surface area contributed by atoms with Crippen molar-refractivity contribution in [3.05, 3.63) is 0 Å². The Labute approximate surface area is 95.8 Å². The second kappa shape index (κ2) is 4.06. The summed E-state index contributed by atoms with van der Waals surface area (Å²) in [5, 5.41) is 13.5. The first kappa shape index (κ1) is 11.4. The molecule has 17 heavy (non-hydrogen) atoms. The van der Waals surface area contributed by atoms with Crippen molar-refractivity contribution in [2.24, 2.45) is 9.98 Å². The van der Waals surface area contributed by atoms with E-state index in [-0.39, 0.29) is 18.1 Å². The highest BCUT2D eigenvalue weighted by molar-refractivity contribution is 6.43. The average molecular weight is 238 g/mol. The third-order valence-corrected chi connectivity index (χ3v) is 2.33. The van der Waals surface area contributed by atoms with E-state index in [9.17, 15) is 14.4 Å². The van der Waals surface area contributed by atoms with Gasteiger partial charge in [0.1, 0.15) is 17.7 Å². The summed E-state index contributed by atoms with van der Waals surface area (Å²) in [6, 6.07) is -1.68. The van der Waals surface area contributed by atoms with Crippen LogP contribution in [0.4, 0.5) is 4.79 Å². The lowest BCUT2D eigenvalue weighted by Gasteiger charge is -2.25. The number of ketones is 1. The van der Waals surface area contributed by atoms with Gasteiger partial charge in [0.05, 0.1) is 6.54 Å². The largest absolute Gasteiger partial charge is 0.385 e. The molecule has 0 aromatic carbocycles. The predicted molar refractivity (Wildman–Crippen MR) is 56.9 cm³/mol. The fraction of sp³-hybridized carbons (Fsp3) is 0.444. The molecule has 2 heterocycles. The number of hydrogen-bond donors (Lipinski definition) is 3. The van der Waals surface area contributed by atoms with Gasteiger partial charge in [0.2, 0.25) is 5.78 Å². The number of aliphatic hydroxyl groups is 1. The van der Waals surface area contributed by atoms with Crippen LogP contribution in [0, 0.1) is 0 Å². The van der Waals surface area contributed by atoms with Gasteiger partial charge in [0, 0.05) is 0 Å². The van der Waals surface area contributed by atoms with Crippen molar-refractivity contribution in [3.63, 3.8) is 0 Å². The number of Topliss-reactive ketones (excluding diaryl/α,β-unsaturated/α-hetero) is 1. The predicted octanol–water partition coefficient (Wildman–Crippen LogP) is -2.00. The van der Waals surface area contributed by atoms with E-state index in [2.05, 4.69) is 15.3 Å². The maximum atomic E-state index is 11.5. The van der Waals surface area contributed by atoms with Crippen LogP contribution in [0.2, 0.25) is 0 Å². The topological polar surface area (TPSA) is 120 Å². The van der Waals surface area contributed by atoms with Gasteiger partial charge in [-0.05, 0) is 6.92 Å². The van der Waals surface area contributed by atoms with Crippen LogP contribution in [0.15, 0.2) is 9.98 Å². The van der Waals surface area contributed by atoms with E-state index in [1.165, 1.54) is 6.92 Å². The van der Waals surface area contributed by atoms with Crippen LogP contribution in [-0.2, 0) is 9.59 Å². The molecule has 2 atom stereocenters. The summed E-state index contributed by atoms with van der Waals surface area (Å²) in [4.78, 5) is 41.7. The van der Waals surface area contributed by atoms with E-state index in [1.54, 1.807) is 0 Å². The molecule has 0 aliphatic carbocycles. The van der Waals surface area contributed by atoms with Crippen LogP contribution >= 0.6 is 0 Å². The van der Waals surface area contributed by atoms with Crippen LogP contribution < -0.4 is 10.6 Å². The van der Waals surface area contributed by atoms with Crippen molar-refractivity contribution in [3.8, 4) is 0 Å². The SMILES string of the molecule is CC(O)C(=O)C1=NC2C(=O)NC(=O)NC2=NC1. The van der Waals surface area contributed by atoms with Crippen molar-refractivity contribution in [2.75, 3.05) is 6.54 Å². The number of carbonyl (C=O) groups excluding carboxylic acids is 3. The van der Waals surface area contributed by atoms with E-state index in [0.717, 1.165) is 0 Å². The first-order valence-corrected chi connectivity index (χ1v) is 4.94. The summed E-state index contributed by atoms with van der Waals surface area (Å²) >= 11 is 0. The van der Waals surface area contributed by atoms with E-state index < -0.39 is 29.9 Å². The lowest BCUT2D eigenvalue weighted by Crippen LogP contribution is -2.59. The number of aliphatic hydroxyl groups excluding tert-OH is 1. The van der Waals surface area contributed by atoms with E-state index in [4.69, 9.17) is 5.11 Å². The second-order valence-corrected chi connectivity index (χ2v) is 3.66. The molecule has 0 spiro atoms. The van der Waals surface area contributed by atoms with Gasteiger partial charge < -0.3 is 5.11 Å². The summed E-state index contributed by atoms with van der Waals surface area (Å²) in [7, 11) is 0. The molecule has 0 saturated carbocycles. The maximum absolute atomic E-state index is 11.5. The van der Waals surface area contributed by atoms with Gasteiger partial charge >= 0.3 is 6.03 Å². The van der Waals surface area contributed by atoms with Gasteiger partial charge in [-0.1, -0.05) is 0 Å². The number of carbonyl (C=O) groups is 3. The molecule has 0 aromatic rings. The first-order valence-electron chi connectivity index (χ1n) is 4.94. The summed E-state index contributed by atoms with van der Waals surface area (Å²) in [6.45, 7) is 1.26. The molecular weight excluding hydrogens is 228 g/mol. The standard InChI is InChI=1S/C9H10N4O4/c1-3(14)6(15)4-2-10-7-5(11-4)8(16)13-9(17)12-7/h3,5,14H,2H2,1H3,(H2,10,12,13,16,17). The maximum Gasteiger partial charge on any atom is 0.326 e. The zero-order valence-corrected chi connectivity index (χ0v) is 8.93. The zero-order chi connectivity index (χ0) is 12.6. The molecule has 3 N–H and O–H groups in total. The number of nitrogens with one attached hydrogen (secondary N) is 2. The smallest absolute Gasteiger partial charge is 0.326 e. The number of fused-ring (bicyclic) bond motifs is 1. The van der Waals surface area contributed by atoms with Crippen molar-refractivity contribution < 1.29 is 19.5 Å². The quantitative estimate of drug-likeness (QED) is 0.515. The Kier molecular flexibility index (Phi) is 2.72. The van der Waals surface area contributed by atoms with E-state index in [0.29, 0.717) is 0 Å². The number of urea groups is 1. The molecular formula is C9H10N4O4. The normalized spacial score (nSPS) is 24.9. The van der Waals surface area contributed by atoms with Crippen LogP contribution in [0.1, 0.15) is 6.92 Å². The minimum atomic E-state index is -1.19. The monoisotopic (exact) mass is 238 g/mol. The van der Waals surface area contributed by atoms with Crippen molar-refractivity contribution in [1.29, 1.82) is 0 Å². The Morgan fingerprint density at radius 1 is 1.47 bits per heavy atom. The van der Waals surface area contributed by atoms with Gasteiger partial charge in [0.25, 0.3) is 5.91 Å². The van der Waals surface area contributed by atoms with Gasteiger partial charge in [-0.2, -0.15) is 0 Å². The highest BCUT2D eigenvalue weighted by Crippen LogP contribution is 2.07. The molecule has 0 aromatic heterocycles. The van der Waals surface area contributed by atoms with Crippen molar-refractivity contribution >= 4 is 29.3 Å². The molecule has 1 saturated heterocycles. The first-order chi connectivity index (χ1) is 7.99. The summed E-state index contributed by atoms with van der Waals surface area (Å²) in [5.74, 6) is -1.08. The highest BCUT2D eigenvalue weighted by Gasteiger charge is 2.35. The molecule has 0 bridgehead atoms. The van der Waals surface area contributed by atoms with Gasteiger partial charge in [-0.25, -0.2) is 4.79 Å². The lowest BCUT2D eigenvalue weighted by molar-refractivity contribution is -0.120. The molecule has 3 amide bonds. The third-order valence-electron chi connectivity index (χ3n) is 2.33. The second-order valence-electron chi connectivity index (χ2n) is 3.66. The fourth-order valence-electron chi connectivity index (χ4n) is 1.51. The summed E-state index contributed by atoms with van der Waals surface area (Å²) in [6.07, 6.45) is -1.19. The highest BCUT2D eigenvalue weighted by atomic mass is 16.3. The van der Waals surface area contributed by atoms with Crippen molar-refractivity contribution in [2.45, 2.75) is 19.1 Å². The molecule has 8 nitrogen and oxygen atoms in total. The summed E-state index contributed by atoms with van der Waals surface area (Å²) in [5.41, 5.74) is 0.0278. The van der Waals surface area contributed by atoms with Gasteiger partial charge in [-0.3, -0.25) is 30.2 Å². The molecule has 1 fully saturated rings. The molecule has 2 rings (SSSR count). The van der Waals surface area contributed by atoms with Gasteiger partial charge in [0.15, 0.2) is 6.04 Å². The molecule has 8 heteroatoms. The molecule has 2 aliphatic heterocycles. The number of aliphatic imine (C=N–C) groups is 2. The van der Waals surface area contributed by atoms with Crippen LogP contribution in [0.25, 0.3) is 0 Å². The fourth-order valence-corrected chi connectivity index (χ4v) is 1.51. The Morgan fingerprint density at radius 3 is 2.82 bits per heavy atom. The molecule has 2 aliphatic rings. The number of amidine groups is 1. The Morgan fingerprint density at radius 2 is 2.18 bits per heavy atom. The number of rotatable bonds is 2. The minimum absolute atomic E-state index is 0.0278. The Balaban J connectivity index is 2.24. The van der Waals surface area contributed by atoms with Crippen LogP contribution in [0.3, 0.4) is 0 Å². The minimum Gasteiger partial charge on any atom is -0.385 e. The molecule has 2 unspecified atom stereocenters. The van der Waals surface area contributed by atoms with Crippen LogP contribution in [-0.4, -0.2) is 53.1 Å². The third kappa shape index (κ3) is 2.07.